The van der Waals surface area contributed by atoms with Gasteiger partial charge in [-0.25, -0.2) is 0 Å². The van der Waals surface area contributed by atoms with E-state index in [1.54, 1.807) is 0 Å². The minimum atomic E-state index is -0.108. The van der Waals surface area contributed by atoms with Crippen molar-refractivity contribution in [1.82, 2.24) is 0 Å². The molecule has 3 atom stereocenters. The van der Waals surface area contributed by atoms with Crippen molar-refractivity contribution >= 4 is 5.91 Å². The van der Waals surface area contributed by atoms with Gasteiger partial charge in [-0.3, -0.25) is 4.79 Å². The third kappa shape index (κ3) is 0.838. The number of rotatable bonds is 2. The van der Waals surface area contributed by atoms with Crippen LogP contribution in [0.4, 0.5) is 0 Å². The highest BCUT2D eigenvalue weighted by Gasteiger charge is 2.49. The number of carbonyl (C=O) groups excluding carboxylic acids is 1. The Bertz CT molecular complexity index is 246. The van der Waals surface area contributed by atoms with Crippen LogP contribution in [0.1, 0.15) is 26.2 Å². The molecule has 0 aromatic rings. The second-order valence-electron chi connectivity index (χ2n) is 4.10. The SMILES string of the molecule is CCC12C=CC(CC1C(N)=O)C2. The monoisotopic (exact) mass is 165 g/mol. The minimum Gasteiger partial charge on any atom is -0.369 e. The molecular weight excluding hydrogens is 150 g/mol. The maximum atomic E-state index is 11.1. The van der Waals surface area contributed by atoms with Crippen molar-refractivity contribution in [2.75, 3.05) is 0 Å². The third-order valence-electron chi connectivity index (χ3n) is 3.58. The first kappa shape index (κ1) is 7.84. The molecule has 0 radical (unpaired) electrons. The summed E-state index contributed by atoms with van der Waals surface area (Å²) in [5.74, 6) is 0.628. The lowest BCUT2D eigenvalue weighted by atomic mass is 9.75. The summed E-state index contributed by atoms with van der Waals surface area (Å²) in [5, 5.41) is 0. The van der Waals surface area contributed by atoms with E-state index in [4.69, 9.17) is 5.73 Å². The number of amides is 1. The van der Waals surface area contributed by atoms with Crippen molar-refractivity contribution in [2.45, 2.75) is 26.2 Å². The molecule has 2 N–H and O–H groups in total. The van der Waals surface area contributed by atoms with Gasteiger partial charge in [-0.1, -0.05) is 19.1 Å². The molecule has 1 amide bonds. The largest absolute Gasteiger partial charge is 0.369 e. The Morgan fingerprint density at radius 1 is 1.75 bits per heavy atom. The zero-order valence-corrected chi connectivity index (χ0v) is 7.42. The van der Waals surface area contributed by atoms with Crippen molar-refractivity contribution in [1.29, 1.82) is 0 Å². The van der Waals surface area contributed by atoms with Crippen LogP contribution in [-0.4, -0.2) is 5.91 Å². The first-order chi connectivity index (χ1) is 5.68. The second-order valence-corrected chi connectivity index (χ2v) is 4.10. The van der Waals surface area contributed by atoms with E-state index >= 15 is 0 Å². The molecule has 0 aromatic carbocycles. The highest BCUT2D eigenvalue weighted by Crippen LogP contribution is 2.54. The molecule has 2 bridgehead atoms. The Balaban J connectivity index is 2.29. The van der Waals surface area contributed by atoms with E-state index in [2.05, 4.69) is 19.1 Å². The number of fused-ring (bicyclic) bond motifs is 2. The van der Waals surface area contributed by atoms with Crippen molar-refractivity contribution in [3.63, 3.8) is 0 Å². The van der Waals surface area contributed by atoms with Crippen LogP contribution in [0.25, 0.3) is 0 Å². The minimum absolute atomic E-state index is 0.108. The first-order valence-corrected chi connectivity index (χ1v) is 4.66. The van der Waals surface area contributed by atoms with Crippen molar-refractivity contribution in [2.24, 2.45) is 23.0 Å². The maximum Gasteiger partial charge on any atom is 0.221 e. The van der Waals surface area contributed by atoms with Gasteiger partial charge in [0.2, 0.25) is 5.91 Å². The number of allylic oxidation sites excluding steroid dienone is 2. The molecule has 0 heterocycles. The number of hydrogen-bond acceptors (Lipinski definition) is 1. The summed E-state index contributed by atoms with van der Waals surface area (Å²) in [6.45, 7) is 2.15. The zero-order valence-electron chi connectivity index (χ0n) is 7.42. The predicted molar refractivity (Wildman–Crippen MR) is 47.3 cm³/mol. The third-order valence-corrected chi connectivity index (χ3v) is 3.58. The van der Waals surface area contributed by atoms with Gasteiger partial charge in [0.05, 0.1) is 0 Å². The summed E-state index contributed by atoms with van der Waals surface area (Å²) in [6.07, 6.45) is 7.66. The van der Waals surface area contributed by atoms with Gasteiger partial charge in [0.25, 0.3) is 0 Å². The van der Waals surface area contributed by atoms with Gasteiger partial charge < -0.3 is 5.73 Å². The van der Waals surface area contributed by atoms with Gasteiger partial charge >= 0.3 is 0 Å². The molecule has 3 unspecified atom stereocenters. The number of primary amides is 1. The van der Waals surface area contributed by atoms with Crippen molar-refractivity contribution in [3.05, 3.63) is 12.2 Å². The molecular formula is C10H15NO. The van der Waals surface area contributed by atoms with Gasteiger partial charge in [-0.15, -0.1) is 0 Å². The van der Waals surface area contributed by atoms with Crippen LogP contribution in [-0.2, 0) is 4.79 Å². The van der Waals surface area contributed by atoms with Crippen LogP contribution < -0.4 is 5.73 Å². The normalized spacial score (nSPS) is 43.8. The topological polar surface area (TPSA) is 43.1 Å². The molecule has 2 heteroatoms. The molecule has 66 valence electrons. The smallest absolute Gasteiger partial charge is 0.221 e. The van der Waals surface area contributed by atoms with E-state index in [0.29, 0.717) is 5.92 Å². The Kier molecular flexibility index (Phi) is 1.53. The highest BCUT2D eigenvalue weighted by molar-refractivity contribution is 5.78. The molecule has 0 saturated heterocycles. The Morgan fingerprint density at radius 2 is 2.50 bits per heavy atom. The van der Waals surface area contributed by atoms with E-state index < -0.39 is 0 Å². The van der Waals surface area contributed by atoms with E-state index in [-0.39, 0.29) is 17.2 Å². The fraction of sp³-hybridized carbons (Fsp3) is 0.700. The summed E-state index contributed by atoms with van der Waals surface area (Å²) in [7, 11) is 0. The lowest BCUT2D eigenvalue weighted by Gasteiger charge is -2.28. The number of carbonyl (C=O) groups is 1. The highest BCUT2D eigenvalue weighted by atomic mass is 16.1. The molecule has 12 heavy (non-hydrogen) atoms. The van der Waals surface area contributed by atoms with Crippen LogP contribution in [0.2, 0.25) is 0 Å². The maximum absolute atomic E-state index is 11.1. The quantitative estimate of drug-likeness (QED) is 0.618. The van der Waals surface area contributed by atoms with E-state index in [1.165, 1.54) is 0 Å². The fourth-order valence-electron chi connectivity index (χ4n) is 2.82. The van der Waals surface area contributed by atoms with Crippen LogP contribution >= 0.6 is 0 Å². The van der Waals surface area contributed by atoms with E-state index in [1.807, 2.05) is 0 Å². The van der Waals surface area contributed by atoms with Gasteiger partial charge in [-0.05, 0) is 25.2 Å². The molecule has 2 nitrogen and oxygen atoms in total. The Hall–Kier alpha value is -0.790. The molecule has 0 spiro atoms. The summed E-state index contributed by atoms with van der Waals surface area (Å²) in [6, 6.07) is 0. The summed E-state index contributed by atoms with van der Waals surface area (Å²) < 4.78 is 0. The standard InChI is InChI=1S/C10H15NO/c1-2-10-4-3-7(6-10)5-8(10)9(11)12/h3-4,7-8H,2,5-6H2,1H3,(H2,11,12). The summed E-state index contributed by atoms with van der Waals surface area (Å²) in [4.78, 5) is 11.1. The Labute approximate surface area is 72.8 Å². The average molecular weight is 165 g/mol. The predicted octanol–water partition coefficient (Wildman–Crippen LogP) is 1.46. The molecule has 1 saturated carbocycles. The van der Waals surface area contributed by atoms with Crippen LogP contribution in [0.5, 0.6) is 0 Å². The van der Waals surface area contributed by atoms with Gasteiger partial charge in [-0.2, -0.15) is 0 Å². The van der Waals surface area contributed by atoms with Crippen molar-refractivity contribution < 1.29 is 4.79 Å². The summed E-state index contributed by atoms with van der Waals surface area (Å²) in [5.41, 5.74) is 5.51. The molecule has 2 aliphatic rings. The molecule has 0 aromatic heterocycles. The zero-order chi connectivity index (χ0) is 8.77. The second kappa shape index (κ2) is 2.35. The average Bonchev–Trinajstić information content (AvgIpc) is 2.60. The number of nitrogens with two attached hydrogens (primary N) is 1. The lowest BCUT2D eigenvalue weighted by Crippen LogP contribution is -2.34. The molecule has 0 aliphatic heterocycles. The van der Waals surface area contributed by atoms with Crippen LogP contribution in [0.3, 0.4) is 0 Å². The molecule has 2 aliphatic carbocycles. The number of hydrogen-bond donors (Lipinski definition) is 1. The van der Waals surface area contributed by atoms with E-state index in [0.717, 1.165) is 19.3 Å². The lowest BCUT2D eigenvalue weighted by molar-refractivity contribution is -0.124. The fourth-order valence-corrected chi connectivity index (χ4v) is 2.82. The molecule has 1 fully saturated rings. The van der Waals surface area contributed by atoms with Crippen LogP contribution in [0, 0.1) is 17.3 Å². The first-order valence-electron chi connectivity index (χ1n) is 4.66. The van der Waals surface area contributed by atoms with E-state index in [9.17, 15) is 4.79 Å². The van der Waals surface area contributed by atoms with Crippen molar-refractivity contribution in [3.8, 4) is 0 Å². The van der Waals surface area contributed by atoms with Crippen LogP contribution in [0.15, 0.2) is 12.2 Å². The Morgan fingerprint density at radius 3 is 2.92 bits per heavy atom. The van der Waals surface area contributed by atoms with Gasteiger partial charge in [0, 0.05) is 11.3 Å². The van der Waals surface area contributed by atoms with Gasteiger partial charge in [0.1, 0.15) is 0 Å². The van der Waals surface area contributed by atoms with Gasteiger partial charge in [0.15, 0.2) is 0 Å². The summed E-state index contributed by atoms with van der Waals surface area (Å²) >= 11 is 0. The molecule has 2 rings (SSSR count).